The summed E-state index contributed by atoms with van der Waals surface area (Å²) in [5.41, 5.74) is 6.17. The molecule has 2 rings (SSSR count). The van der Waals surface area contributed by atoms with Gasteiger partial charge in [0.25, 0.3) is 0 Å². The van der Waals surface area contributed by atoms with Crippen LogP contribution in [0.5, 0.6) is 0 Å². The summed E-state index contributed by atoms with van der Waals surface area (Å²) >= 11 is 5.83. The van der Waals surface area contributed by atoms with Crippen molar-refractivity contribution in [3.63, 3.8) is 0 Å². The van der Waals surface area contributed by atoms with E-state index in [0.29, 0.717) is 11.4 Å². The lowest BCUT2D eigenvalue weighted by molar-refractivity contribution is -0.116. The maximum atomic E-state index is 12.9. The number of rotatable bonds is 4. The molecule has 1 aromatic heterocycles. The number of benzene rings is 1. The highest BCUT2D eigenvalue weighted by Gasteiger charge is 2.19. The molecule has 1 heterocycles. The Morgan fingerprint density at radius 3 is 2.81 bits per heavy atom. The average Bonchev–Trinajstić information content (AvgIpc) is 2.81. The molecule has 2 aromatic rings. The quantitative estimate of drug-likeness (QED) is 0.903. The molecule has 3 N–H and O–H groups in total. The summed E-state index contributed by atoms with van der Waals surface area (Å²) in [4.78, 5) is 11.9. The number of aromatic nitrogens is 3. The Labute approximate surface area is 126 Å². The van der Waals surface area contributed by atoms with Gasteiger partial charge < -0.3 is 11.1 Å². The molecule has 0 aliphatic carbocycles. The molecule has 0 unspecified atom stereocenters. The van der Waals surface area contributed by atoms with Crippen LogP contribution in [0.1, 0.15) is 19.5 Å². The zero-order chi connectivity index (χ0) is 15.6. The molecular weight excluding hydrogens is 297 g/mol. The van der Waals surface area contributed by atoms with Gasteiger partial charge in [0, 0.05) is 0 Å². The summed E-state index contributed by atoms with van der Waals surface area (Å²) in [7, 11) is 0. The third-order valence-corrected chi connectivity index (χ3v) is 3.02. The number of carbonyl (C=O) groups is 1. The van der Waals surface area contributed by atoms with Crippen LogP contribution in [-0.4, -0.2) is 20.9 Å². The summed E-state index contributed by atoms with van der Waals surface area (Å²) in [6.07, 6.45) is 1.60. The Hall–Kier alpha value is -1.99. The van der Waals surface area contributed by atoms with E-state index in [1.54, 1.807) is 20.0 Å². The summed E-state index contributed by atoms with van der Waals surface area (Å²) in [6, 6.07) is 3.74. The maximum Gasteiger partial charge on any atom is 0.246 e. The van der Waals surface area contributed by atoms with Crippen molar-refractivity contribution in [2.45, 2.75) is 25.9 Å². The molecule has 0 aliphatic rings. The van der Waals surface area contributed by atoms with E-state index in [-0.39, 0.29) is 17.5 Å². The molecule has 0 bridgehead atoms. The third kappa shape index (κ3) is 3.99. The van der Waals surface area contributed by atoms with Gasteiger partial charge in [0.15, 0.2) is 0 Å². The second-order valence-electron chi connectivity index (χ2n) is 5.20. The van der Waals surface area contributed by atoms with Crippen molar-refractivity contribution in [2.75, 3.05) is 5.32 Å². The first-order valence-electron chi connectivity index (χ1n) is 6.20. The van der Waals surface area contributed by atoms with Crippen LogP contribution >= 0.6 is 11.6 Å². The number of anilines is 1. The molecule has 0 fully saturated rings. The molecular formula is C13H15ClFN5O. The fraction of sp³-hybridized carbons (Fsp3) is 0.308. The van der Waals surface area contributed by atoms with E-state index < -0.39 is 11.4 Å². The van der Waals surface area contributed by atoms with Crippen LogP contribution in [0.25, 0.3) is 0 Å². The number of amides is 1. The lowest BCUT2D eigenvalue weighted by Crippen LogP contribution is -2.29. The van der Waals surface area contributed by atoms with Gasteiger partial charge in [0.05, 0.1) is 22.4 Å². The van der Waals surface area contributed by atoms with Crippen molar-refractivity contribution in [1.82, 2.24) is 15.0 Å². The van der Waals surface area contributed by atoms with E-state index in [1.807, 2.05) is 0 Å². The first-order chi connectivity index (χ1) is 9.75. The van der Waals surface area contributed by atoms with Gasteiger partial charge in [-0.1, -0.05) is 16.8 Å². The number of hydrogen-bond donors (Lipinski definition) is 2. The zero-order valence-corrected chi connectivity index (χ0v) is 12.4. The lowest BCUT2D eigenvalue weighted by atomic mass is 10.0. The van der Waals surface area contributed by atoms with E-state index >= 15 is 0 Å². The molecule has 0 spiro atoms. The SMILES string of the molecule is CC(C)(N)c1cn(CC(=O)Nc2ccc(F)cc2Cl)nn1. The van der Waals surface area contributed by atoms with Crippen molar-refractivity contribution in [3.05, 3.63) is 40.9 Å². The summed E-state index contributed by atoms with van der Waals surface area (Å²) in [5, 5.41) is 10.4. The minimum absolute atomic E-state index is 0.0449. The molecule has 0 atom stereocenters. The standard InChI is InChI=1S/C13H15ClFN5O/c1-13(2,16)11-6-20(19-18-11)7-12(21)17-10-4-3-8(15)5-9(10)14/h3-6H,7,16H2,1-2H3,(H,17,21). The molecule has 1 amide bonds. The molecule has 21 heavy (non-hydrogen) atoms. The number of nitrogens with zero attached hydrogens (tertiary/aromatic N) is 3. The Balaban J connectivity index is 2.03. The lowest BCUT2D eigenvalue weighted by Gasteiger charge is -2.13. The number of hydrogen-bond acceptors (Lipinski definition) is 4. The summed E-state index contributed by atoms with van der Waals surface area (Å²) in [5.74, 6) is -0.820. The van der Waals surface area contributed by atoms with E-state index in [9.17, 15) is 9.18 Å². The summed E-state index contributed by atoms with van der Waals surface area (Å²) < 4.78 is 14.3. The largest absolute Gasteiger partial charge is 0.323 e. The minimum Gasteiger partial charge on any atom is -0.323 e. The highest BCUT2D eigenvalue weighted by molar-refractivity contribution is 6.33. The molecule has 1 aromatic carbocycles. The van der Waals surface area contributed by atoms with Crippen LogP contribution < -0.4 is 11.1 Å². The van der Waals surface area contributed by atoms with Crippen molar-refractivity contribution in [2.24, 2.45) is 5.73 Å². The number of carbonyl (C=O) groups excluding carboxylic acids is 1. The minimum atomic E-state index is -0.630. The smallest absolute Gasteiger partial charge is 0.246 e. The van der Waals surface area contributed by atoms with Gasteiger partial charge in [-0.2, -0.15) is 0 Å². The van der Waals surface area contributed by atoms with Crippen molar-refractivity contribution in [3.8, 4) is 0 Å². The van der Waals surface area contributed by atoms with Crippen LogP contribution in [0.2, 0.25) is 5.02 Å². The van der Waals surface area contributed by atoms with Crippen LogP contribution in [-0.2, 0) is 16.9 Å². The van der Waals surface area contributed by atoms with Gasteiger partial charge in [-0.15, -0.1) is 5.10 Å². The van der Waals surface area contributed by atoms with Gasteiger partial charge in [0.1, 0.15) is 18.1 Å². The molecule has 6 nitrogen and oxygen atoms in total. The number of nitrogens with one attached hydrogen (secondary N) is 1. The Bertz CT molecular complexity index is 665. The second kappa shape index (κ2) is 5.79. The normalized spacial score (nSPS) is 11.5. The summed E-state index contributed by atoms with van der Waals surface area (Å²) in [6.45, 7) is 3.54. The van der Waals surface area contributed by atoms with Gasteiger partial charge in [-0.05, 0) is 32.0 Å². The Kier molecular flexibility index (Phi) is 4.24. The van der Waals surface area contributed by atoms with Gasteiger partial charge in [-0.3, -0.25) is 4.79 Å². The van der Waals surface area contributed by atoms with Crippen LogP contribution in [0.15, 0.2) is 24.4 Å². The highest BCUT2D eigenvalue weighted by Crippen LogP contribution is 2.22. The molecule has 0 radical (unpaired) electrons. The van der Waals surface area contributed by atoms with E-state index in [0.717, 1.165) is 6.07 Å². The second-order valence-corrected chi connectivity index (χ2v) is 5.60. The van der Waals surface area contributed by atoms with Crippen LogP contribution in [0.3, 0.4) is 0 Å². The molecule has 8 heteroatoms. The van der Waals surface area contributed by atoms with Crippen LogP contribution in [0.4, 0.5) is 10.1 Å². The predicted octanol–water partition coefficient (Wildman–Crippen LogP) is 1.90. The first-order valence-corrected chi connectivity index (χ1v) is 6.58. The van der Waals surface area contributed by atoms with E-state index in [4.69, 9.17) is 17.3 Å². The molecule has 0 aliphatic heterocycles. The first kappa shape index (κ1) is 15.4. The predicted molar refractivity (Wildman–Crippen MR) is 77.3 cm³/mol. The molecule has 112 valence electrons. The van der Waals surface area contributed by atoms with Crippen molar-refractivity contribution >= 4 is 23.2 Å². The zero-order valence-electron chi connectivity index (χ0n) is 11.6. The fourth-order valence-corrected chi connectivity index (χ4v) is 1.81. The topological polar surface area (TPSA) is 85.8 Å². The van der Waals surface area contributed by atoms with Gasteiger partial charge in [0.2, 0.25) is 5.91 Å². The van der Waals surface area contributed by atoms with Gasteiger partial charge >= 0.3 is 0 Å². The van der Waals surface area contributed by atoms with Crippen LogP contribution in [0, 0.1) is 5.82 Å². The van der Waals surface area contributed by atoms with E-state index in [1.165, 1.54) is 16.8 Å². The molecule has 0 saturated carbocycles. The maximum absolute atomic E-state index is 12.9. The number of nitrogens with two attached hydrogens (primary N) is 1. The highest BCUT2D eigenvalue weighted by atomic mass is 35.5. The van der Waals surface area contributed by atoms with Gasteiger partial charge in [-0.25, -0.2) is 9.07 Å². The Morgan fingerprint density at radius 2 is 2.24 bits per heavy atom. The average molecular weight is 312 g/mol. The van der Waals surface area contributed by atoms with E-state index in [2.05, 4.69) is 15.6 Å². The van der Waals surface area contributed by atoms with Crippen molar-refractivity contribution in [1.29, 1.82) is 0 Å². The van der Waals surface area contributed by atoms with Crippen molar-refractivity contribution < 1.29 is 9.18 Å². The molecule has 0 saturated heterocycles. The number of halogens is 2. The third-order valence-electron chi connectivity index (χ3n) is 2.71. The Morgan fingerprint density at radius 1 is 1.52 bits per heavy atom. The fourth-order valence-electron chi connectivity index (χ4n) is 1.60. The monoisotopic (exact) mass is 311 g/mol.